The van der Waals surface area contributed by atoms with E-state index in [1.54, 1.807) is 0 Å². The SMILES string of the molecule is CC(C)(C)N1CCN(C(=O)c2ccc(CBr)cc2)CC1. The van der Waals surface area contributed by atoms with E-state index in [-0.39, 0.29) is 11.4 Å². The number of nitrogens with zero attached hydrogens (tertiary/aromatic N) is 2. The van der Waals surface area contributed by atoms with E-state index in [2.05, 4.69) is 41.6 Å². The lowest BCUT2D eigenvalue weighted by Gasteiger charge is -2.42. The van der Waals surface area contributed by atoms with Crippen LogP contribution in [0, 0.1) is 0 Å². The molecule has 0 spiro atoms. The van der Waals surface area contributed by atoms with Gasteiger partial charge < -0.3 is 4.90 Å². The van der Waals surface area contributed by atoms with Crippen LogP contribution in [0.15, 0.2) is 24.3 Å². The van der Waals surface area contributed by atoms with Crippen LogP contribution in [0.3, 0.4) is 0 Å². The van der Waals surface area contributed by atoms with Crippen molar-refractivity contribution >= 4 is 21.8 Å². The molecule has 2 rings (SSSR count). The Labute approximate surface area is 130 Å². The molecule has 4 heteroatoms. The molecule has 20 heavy (non-hydrogen) atoms. The highest BCUT2D eigenvalue weighted by molar-refractivity contribution is 9.08. The molecule has 0 unspecified atom stereocenters. The summed E-state index contributed by atoms with van der Waals surface area (Å²) in [5.41, 5.74) is 2.17. The molecular formula is C16H23BrN2O. The Hall–Kier alpha value is -0.870. The first-order valence-corrected chi connectivity index (χ1v) is 8.23. The number of carbonyl (C=O) groups is 1. The van der Waals surface area contributed by atoms with Crippen molar-refractivity contribution in [2.75, 3.05) is 26.2 Å². The van der Waals surface area contributed by atoms with Gasteiger partial charge in [0.25, 0.3) is 5.91 Å². The van der Waals surface area contributed by atoms with Crippen molar-refractivity contribution in [2.45, 2.75) is 31.6 Å². The Morgan fingerprint density at radius 3 is 2.10 bits per heavy atom. The molecular weight excluding hydrogens is 316 g/mol. The largest absolute Gasteiger partial charge is 0.336 e. The first-order valence-electron chi connectivity index (χ1n) is 7.11. The number of piperazine rings is 1. The smallest absolute Gasteiger partial charge is 0.253 e. The zero-order valence-electron chi connectivity index (χ0n) is 12.5. The highest BCUT2D eigenvalue weighted by atomic mass is 79.9. The standard InChI is InChI=1S/C16H23BrN2O/c1-16(2,3)19-10-8-18(9-11-19)15(20)14-6-4-13(12-17)5-7-14/h4-7H,8-12H2,1-3H3. The fourth-order valence-corrected chi connectivity index (χ4v) is 2.87. The second-order valence-electron chi connectivity index (χ2n) is 6.28. The third-order valence-corrected chi connectivity index (χ3v) is 4.52. The van der Waals surface area contributed by atoms with Crippen molar-refractivity contribution in [3.8, 4) is 0 Å². The van der Waals surface area contributed by atoms with Gasteiger partial charge in [-0.1, -0.05) is 28.1 Å². The van der Waals surface area contributed by atoms with Gasteiger partial charge in [-0.3, -0.25) is 9.69 Å². The number of benzene rings is 1. The lowest BCUT2D eigenvalue weighted by Crippen LogP contribution is -2.54. The van der Waals surface area contributed by atoms with Crippen LogP contribution >= 0.6 is 15.9 Å². The molecule has 0 radical (unpaired) electrons. The average molecular weight is 339 g/mol. The molecule has 1 aromatic rings. The topological polar surface area (TPSA) is 23.6 Å². The Morgan fingerprint density at radius 2 is 1.65 bits per heavy atom. The predicted octanol–water partition coefficient (Wildman–Crippen LogP) is 3.14. The molecule has 1 fully saturated rings. The average Bonchev–Trinajstić information content (AvgIpc) is 2.46. The summed E-state index contributed by atoms with van der Waals surface area (Å²) in [6.45, 7) is 10.2. The van der Waals surface area contributed by atoms with Crippen LogP contribution in [0.2, 0.25) is 0 Å². The van der Waals surface area contributed by atoms with Gasteiger partial charge in [0.05, 0.1) is 0 Å². The third kappa shape index (κ3) is 3.61. The molecule has 0 aromatic heterocycles. The number of hydrogen-bond donors (Lipinski definition) is 0. The lowest BCUT2D eigenvalue weighted by molar-refractivity contribution is 0.0451. The van der Waals surface area contributed by atoms with E-state index < -0.39 is 0 Å². The fraction of sp³-hybridized carbons (Fsp3) is 0.562. The summed E-state index contributed by atoms with van der Waals surface area (Å²) in [7, 11) is 0. The van der Waals surface area contributed by atoms with Crippen LogP contribution in [0.5, 0.6) is 0 Å². The maximum Gasteiger partial charge on any atom is 0.253 e. The number of amides is 1. The number of carbonyl (C=O) groups excluding carboxylic acids is 1. The van der Waals surface area contributed by atoms with Crippen LogP contribution in [0.25, 0.3) is 0 Å². The van der Waals surface area contributed by atoms with Crippen molar-refractivity contribution in [3.63, 3.8) is 0 Å². The highest BCUT2D eigenvalue weighted by Crippen LogP contribution is 2.17. The highest BCUT2D eigenvalue weighted by Gasteiger charge is 2.28. The van der Waals surface area contributed by atoms with Gasteiger partial charge in [-0.05, 0) is 38.5 Å². The molecule has 1 amide bonds. The quantitative estimate of drug-likeness (QED) is 0.773. The molecule has 0 bridgehead atoms. The van der Waals surface area contributed by atoms with Crippen LogP contribution in [-0.2, 0) is 5.33 Å². The summed E-state index contributed by atoms with van der Waals surface area (Å²) in [6.07, 6.45) is 0. The first-order chi connectivity index (χ1) is 9.41. The Balaban J connectivity index is 1.97. The van der Waals surface area contributed by atoms with Crippen molar-refractivity contribution in [1.82, 2.24) is 9.80 Å². The van der Waals surface area contributed by atoms with Crippen molar-refractivity contribution in [1.29, 1.82) is 0 Å². The summed E-state index contributed by atoms with van der Waals surface area (Å²) < 4.78 is 0. The van der Waals surface area contributed by atoms with E-state index in [1.165, 1.54) is 5.56 Å². The van der Waals surface area contributed by atoms with Gasteiger partial charge in [-0.25, -0.2) is 0 Å². The Morgan fingerprint density at radius 1 is 1.10 bits per heavy atom. The van der Waals surface area contributed by atoms with E-state index in [0.717, 1.165) is 37.1 Å². The molecule has 0 saturated carbocycles. The molecule has 0 atom stereocenters. The second-order valence-corrected chi connectivity index (χ2v) is 6.84. The van der Waals surface area contributed by atoms with Gasteiger partial charge in [-0.15, -0.1) is 0 Å². The lowest BCUT2D eigenvalue weighted by atomic mass is 10.0. The minimum Gasteiger partial charge on any atom is -0.336 e. The number of rotatable bonds is 2. The van der Waals surface area contributed by atoms with Crippen molar-refractivity contribution in [3.05, 3.63) is 35.4 Å². The molecule has 110 valence electrons. The maximum absolute atomic E-state index is 12.5. The van der Waals surface area contributed by atoms with Gasteiger partial charge >= 0.3 is 0 Å². The summed E-state index contributed by atoms with van der Waals surface area (Å²) in [4.78, 5) is 16.9. The molecule has 1 aromatic carbocycles. The molecule has 1 aliphatic rings. The second kappa shape index (κ2) is 6.27. The van der Waals surface area contributed by atoms with Gasteiger partial charge in [0, 0.05) is 42.6 Å². The van der Waals surface area contributed by atoms with Crippen molar-refractivity contribution < 1.29 is 4.79 Å². The van der Waals surface area contributed by atoms with E-state index in [1.807, 2.05) is 29.2 Å². The maximum atomic E-state index is 12.5. The van der Waals surface area contributed by atoms with Gasteiger partial charge in [0.2, 0.25) is 0 Å². The zero-order chi connectivity index (χ0) is 14.8. The summed E-state index contributed by atoms with van der Waals surface area (Å²) >= 11 is 3.42. The van der Waals surface area contributed by atoms with Gasteiger partial charge in [-0.2, -0.15) is 0 Å². The molecule has 1 saturated heterocycles. The van der Waals surface area contributed by atoms with Crippen LogP contribution in [-0.4, -0.2) is 47.4 Å². The molecule has 3 nitrogen and oxygen atoms in total. The number of alkyl halides is 1. The van der Waals surface area contributed by atoms with Gasteiger partial charge in [0.1, 0.15) is 0 Å². The van der Waals surface area contributed by atoms with Crippen LogP contribution in [0.1, 0.15) is 36.7 Å². The molecule has 0 N–H and O–H groups in total. The zero-order valence-corrected chi connectivity index (χ0v) is 14.1. The monoisotopic (exact) mass is 338 g/mol. The summed E-state index contributed by atoms with van der Waals surface area (Å²) in [6, 6.07) is 7.87. The van der Waals surface area contributed by atoms with Gasteiger partial charge in [0.15, 0.2) is 0 Å². The normalized spacial score (nSPS) is 17.3. The summed E-state index contributed by atoms with van der Waals surface area (Å²) in [5.74, 6) is 0.152. The Kier molecular flexibility index (Phi) is 4.86. The van der Waals surface area contributed by atoms with E-state index in [4.69, 9.17) is 0 Å². The summed E-state index contributed by atoms with van der Waals surface area (Å²) in [5, 5.41) is 0.825. The van der Waals surface area contributed by atoms with E-state index >= 15 is 0 Å². The predicted molar refractivity (Wildman–Crippen MR) is 86.3 cm³/mol. The van der Waals surface area contributed by atoms with Crippen LogP contribution in [0.4, 0.5) is 0 Å². The number of halogens is 1. The molecule has 1 aliphatic heterocycles. The first kappa shape index (κ1) is 15.5. The molecule has 0 aliphatic carbocycles. The van der Waals surface area contributed by atoms with E-state index in [9.17, 15) is 4.79 Å². The Bertz CT molecular complexity index is 456. The minimum atomic E-state index is 0.152. The molecule has 1 heterocycles. The van der Waals surface area contributed by atoms with E-state index in [0.29, 0.717) is 0 Å². The van der Waals surface area contributed by atoms with Crippen molar-refractivity contribution in [2.24, 2.45) is 0 Å². The van der Waals surface area contributed by atoms with Crippen LogP contribution < -0.4 is 0 Å². The minimum absolute atomic E-state index is 0.152. The third-order valence-electron chi connectivity index (χ3n) is 3.87. The number of hydrogen-bond acceptors (Lipinski definition) is 2. The fourth-order valence-electron chi connectivity index (χ4n) is 2.50.